The third-order valence-corrected chi connectivity index (χ3v) is 7.30. The molecule has 130 valence electrons. The lowest BCUT2D eigenvalue weighted by Crippen LogP contribution is -2.57. The van der Waals surface area contributed by atoms with Crippen LogP contribution in [0.25, 0.3) is 0 Å². The van der Waals surface area contributed by atoms with Crippen molar-refractivity contribution < 1.29 is 4.74 Å². The zero-order valence-electron chi connectivity index (χ0n) is 15.1. The highest BCUT2D eigenvalue weighted by molar-refractivity contribution is 5.50. The van der Waals surface area contributed by atoms with E-state index in [0.29, 0.717) is 17.5 Å². The van der Waals surface area contributed by atoms with Gasteiger partial charge in [0, 0.05) is 17.5 Å². The van der Waals surface area contributed by atoms with Crippen molar-refractivity contribution in [3.8, 4) is 0 Å². The molecule has 0 aromatic heterocycles. The van der Waals surface area contributed by atoms with E-state index in [4.69, 9.17) is 4.74 Å². The highest BCUT2D eigenvalue weighted by Crippen LogP contribution is 2.70. The first-order valence-corrected chi connectivity index (χ1v) is 9.59. The van der Waals surface area contributed by atoms with Gasteiger partial charge in [-0.15, -0.1) is 6.58 Å². The average molecular weight is 333 g/mol. The van der Waals surface area contributed by atoms with Gasteiger partial charge in [0.15, 0.2) is 0 Å². The van der Waals surface area contributed by atoms with Crippen LogP contribution in [0, 0.1) is 17.8 Å². The highest BCUT2D eigenvalue weighted by atomic mass is 16.5. The van der Waals surface area contributed by atoms with E-state index in [2.05, 4.69) is 54.5 Å². The summed E-state index contributed by atoms with van der Waals surface area (Å²) in [6.45, 7) is 9.67. The van der Waals surface area contributed by atoms with E-state index in [0.717, 1.165) is 30.4 Å². The van der Waals surface area contributed by atoms with Crippen LogP contribution in [0.1, 0.15) is 25.7 Å². The lowest BCUT2D eigenvalue weighted by Gasteiger charge is -2.49. The van der Waals surface area contributed by atoms with Gasteiger partial charge in [-0.3, -0.25) is 4.90 Å². The molecule has 5 atom stereocenters. The molecule has 2 aliphatic heterocycles. The molecule has 0 bridgehead atoms. The van der Waals surface area contributed by atoms with Gasteiger partial charge in [0.25, 0.3) is 0 Å². The van der Waals surface area contributed by atoms with Gasteiger partial charge in [0.1, 0.15) is 5.76 Å². The molecule has 25 heavy (non-hydrogen) atoms. The number of nitrogens with zero attached hydrogens (tertiary/aromatic N) is 1. The Balaban J connectivity index is 1.42. The van der Waals surface area contributed by atoms with E-state index in [9.17, 15) is 0 Å². The van der Waals surface area contributed by atoms with E-state index in [1.807, 2.05) is 0 Å². The first-order valence-electron chi connectivity index (χ1n) is 9.59. The zero-order valence-corrected chi connectivity index (χ0v) is 15.1. The molecular formula is C23H27NO. The van der Waals surface area contributed by atoms with E-state index < -0.39 is 0 Å². The maximum Gasteiger partial charge on any atom is 0.118 e. The van der Waals surface area contributed by atoms with Crippen LogP contribution in [0.15, 0.2) is 72.1 Å². The Bertz CT molecular complexity index is 767. The second-order valence-corrected chi connectivity index (χ2v) is 8.24. The maximum atomic E-state index is 5.50. The molecule has 0 N–H and O–H groups in total. The van der Waals surface area contributed by atoms with Crippen molar-refractivity contribution in [2.45, 2.75) is 37.3 Å². The Morgan fingerprint density at radius 2 is 2.28 bits per heavy atom. The predicted molar refractivity (Wildman–Crippen MR) is 102 cm³/mol. The number of hydrogen-bond acceptors (Lipinski definition) is 2. The molecule has 0 amide bonds. The highest BCUT2D eigenvalue weighted by Gasteiger charge is 2.75. The second kappa shape index (κ2) is 5.35. The molecule has 2 saturated heterocycles. The van der Waals surface area contributed by atoms with Crippen LogP contribution in [0.3, 0.4) is 0 Å². The van der Waals surface area contributed by atoms with Crippen LogP contribution >= 0.6 is 0 Å². The van der Waals surface area contributed by atoms with Crippen molar-refractivity contribution in [1.82, 2.24) is 4.90 Å². The number of hydrogen-bond donors (Lipinski definition) is 0. The number of allylic oxidation sites excluding steroid dienone is 7. The molecule has 5 rings (SSSR count). The molecule has 0 aromatic rings. The van der Waals surface area contributed by atoms with Gasteiger partial charge in [-0.05, 0) is 67.4 Å². The summed E-state index contributed by atoms with van der Waals surface area (Å²) in [5.41, 5.74) is 4.66. The minimum absolute atomic E-state index is 0.339. The monoisotopic (exact) mass is 333 g/mol. The lowest BCUT2D eigenvalue weighted by atomic mass is 9.80. The summed E-state index contributed by atoms with van der Waals surface area (Å²) in [7, 11) is 1.75. The van der Waals surface area contributed by atoms with E-state index >= 15 is 0 Å². The third kappa shape index (κ3) is 2.01. The number of ether oxygens (including phenoxy) is 1. The fraction of sp³-hybridized carbons (Fsp3) is 0.478. The number of fused-ring (bicyclic) bond motifs is 1. The molecule has 5 unspecified atom stereocenters. The summed E-state index contributed by atoms with van der Waals surface area (Å²) in [6.07, 6.45) is 18.3. The van der Waals surface area contributed by atoms with Crippen LogP contribution in [-0.2, 0) is 4.74 Å². The van der Waals surface area contributed by atoms with Crippen LogP contribution in [0.4, 0.5) is 0 Å². The zero-order chi connectivity index (χ0) is 17.2. The first-order chi connectivity index (χ1) is 12.2. The molecule has 2 heterocycles. The molecule has 0 aromatic carbocycles. The minimum Gasteiger partial charge on any atom is -0.497 e. The normalized spacial score (nSPS) is 41.3. The molecule has 3 fully saturated rings. The molecule has 1 saturated carbocycles. The Labute approximate surface area is 150 Å². The van der Waals surface area contributed by atoms with Gasteiger partial charge in [0.2, 0.25) is 0 Å². The smallest absolute Gasteiger partial charge is 0.118 e. The molecule has 5 aliphatic rings. The molecule has 2 heteroatoms. The van der Waals surface area contributed by atoms with E-state index in [-0.39, 0.29) is 0 Å². The minimum atomic E-state index is 0.339. The fourth-order valence-electron chi connectivity index (χ4n) is 6.09. The van der Waals surface area contributed by atoms with E-state index in [1.165, 1.54) is 36.1 Å². The van der Waals surface area contributed by atoms with Gasteiger partial charge in [-0.1, -0.05) is 36.5 Å². The molecular weight excluding hydrogens is 306 g/mol. The Hall–Kier alpha value is -1.80. The van der Waals surface area contributed by atoms with Gasteiger partial charge < -0.3 is 4.74 Å². The second-order valence-electron chi connectivity index (χ2n) is 8.24. The van der Waals surface area contributed by atoms with Crippen LogP contribution in [0.5, 0.6) is 0 Å². The molecule has 3 aliphatic carbocycles. The lowest BCUT2D eigenvalue weighted by molar-refractivity contribution is 0.0101. The van der Waals surface area contributed by atoms with Gasteiger partial charge in [0.05, 0.1) is 7.11 Å². The van der Waals surface area contributed by atoms with Gasteiger partial charge >= 0.3 is 0 Å². The van der Waals surface area contributed by atoms with Crippen molar-refractivity contribution >= 4 is 0 Å². The summed E-state index contributed by atoms with van der Waals surface area (Å²) in [6, 6.07) is 0.694. The van der Waals surface area contributed by atoms with Gasteiger partial charge in [-0.25, -0.2) is 0 Å². The van der Waals surface area contributed by atoms with Crippen molar-refractivity contribution in [3.05, 3.63) is 72.1 Å². The molecule has 0 radical (unpaired) electrons. The van der Waals surface area contributed by atoms with Crippen LogP contribution in [0.2, 0.25) is 0 Å². The SMILES string of the molecule is C=CC1C2CCN3C(CC4=C5C=C(OC)C=CC5C(=C)CC=C4)CC123. The van der Waals surface area contributed by atoms with Crippen molar-refractivity contribution in [2.24, 2.45) is 17.8 Å². The van der Waals surface area contributed by atoms with E-state index in [1.54, 1.807) is 7.11 Å². The Kier molecular flexibility index (Phi) is 3.31. The summed E-state index contributed by atoms with van der Waals surface area (Å²) in [5.74, 6) is 2.94. The largest absolute Gasteiger partial charge is 0.497 e. The third-order valence-electron chi connectivity index (χ3n) is 7.30. The summed E-state index contributed by atoms with van der Waals surface area (Å²) < 4.78 is 5.50. The van der Waals surface area contributed by atoms with Gasteiger partial charge in [-0.2, -0.15) is 0 Å². The predicted octanol–water partition coefficient (Wildman–Crippen LogP) is 4.55. The van der Waals surface area contributed by atoms with Crippen LogP contribution in [-0.4, -0.2) is 30.1 Å². The number of rotatable bonds is 4. The number of piperidine rings is 1. The van der Waals surface area contributed by atoms with Crippen LogP contribution < -0.4 is 0 Å². The topological polar surface area (TPSA) is 12.5 Å². The van der Waals surface area contributed by atoms with Crippen molar-refractivity contribution in [1.29, 1.82) is 0 Å². The molecule has 2 nitrogen and oxygen atoms in total. The first kappa shape index (κ1) is 15.5. The summed E-state index contributed by atoms with van der Waals surface area (Å²) >= 11 is 0. The quantitative estimate of drug-likeness (QED) is 0.700. The van der Waals surface area contributed by atoms with Crippen molar-refractivity contribution in [3.63, 3.8) is 0 Å². The Morgan fingerprint density at radius 1 is 1.40 bits per heavy atom. The summed E-state index contributed by atoms with van der Waals surface area (Å²) in [4.78, 5) is 2.79. The molecule has 1 spiro atoms. The fourth-order valence-corrected chi connectivity index (χ4v) is 6.09. The average Bonchev–Trinajstić information content (AvgIpc) is 3.22. The number of methoxy groups -OCH3 is 1. The maximum absolute atomic E-state index is 5.50. The summed E-state index contributed by atoms with van der Waals surface area (Å²) in [5, 5.41) is 0. The standard InChI is InChI=1S/C23H27NO/c1-4-21-22-10-11-24-17(14-23(21,22)24)12-16-7-5-6-15(2)19-9-8-18(25-3)13-20(16)19/h4-5,7-9,13,17,19,21-22H,1-2,6,10-12,14H2,3H3. The Morgan fingerprint density at radius 3 is 3.04 bits per heavy atom. The van der Waals surface area contributed by atoms with Crippen molar-refractivity contribution in [2.75, 3.05) is 13.7 Å².